The molecule has 0 aromatic heterocycles. The summed E-state index contributed by atoms with van der Waals surface area (Å²) >= 11 is 0. The Morgan fingerprint density at radius 2 is 0.950 bits per heavy atom. The average Bonchev–Trinajstić information content (AvgIpc) is 2.48. The summed E-state index contributed by atoms with van der Waals surface area (Å²) in [6.45, 7) is 11.5. The molecular weight excluding hydrogens is 252 g/mol. The molecule has 0 radical (unpaired) electrons. The largest absolute Gasteiger partial charge is 0.396 e. The molecule has 20 heavy (non-hydrogen) atoms. The molecule has 0 saturated heterocycles. The lowest BCUT2D eigenvalue weighted by Gasteiger charge is -2.21. The van der Waals surface area contributed by atoms with E-state index >= 15 is 0 Å². The van der Waals surface area contributed by atoms with E-state index in [4.69, 9.17) is 10.2 Å². The predicted octanol–water partition coefficient (Wildman–Crippen LogP) is 1.96. The molecule has 0 aliphatic heterocycles. The van der Waals surface area contributed by atoms with Gasteiger partial charge in [0.1, 0.15) is 0 Å². The zero-order chi connectivity index (χ0) is 15.1. The maximum Gasteiger partial charge on any atom is 0.0443 e. The SMILES string of the molecule is CCN(CC)CCCCCCN(CCCO)CCCO. The third kappa shape index (κ3) is 11.6. The fraction of sp³-hybridized carbons (Fsp3) is 1.00. The number of rotatable bonds is 15. The molecule has 0 rings (SSSR count). The molecule has 0 bridgehead atoms. The van der Waals surface area contributed by atoms with Gasteiger partial charge in [-0.25, -0.2) is 0 Å². The first-order valence-corrected chi connectivity index (χ1v) is 8.44. The van der Waals surface area contributed by atoms with Crippen molar-refractivity contribution in [3.05, 3.63) is 0 Å². The lowest BCUT2D eigenvalue weighted by molar-refractivity contribution is 0.198. The molecule has 0 unspecified atom stereocenters. The number of hydrogen-bond donors (Lipinski definition) is 2. The summed E-state index contributed by atoms with van der Waals surface area (Å²) in [6.07, 6.45) is 6.81. The van der Waals surface area contributed by atoms with Crippen molar-refractivity contribution in [2.24, 2.45) is 0 Å². The molecular formula is C16H36N2O2. The van der Waals surface area contributed by atoms with Gasteiger partial charge in [0.2, 0.25) is 0 Å². The molecule has 4 nitrogen and oxygen atoms in total. The molecule has 0 heterocycles. The summed E-state index contributed by atoms with van der Waals surface area (Å²) in [6, 6.07) is 0. The fourth-order valence-electron chi connectivity index (χ4n) is 2.49. The lowest BCUT2D eigenvalue weighted by atomic mass is 10.1. The van der Waals surface area contributed by atoms with Crippen LogP contribution in [0.3, 0.4) is 0 Å². The zero-order valence-electron chi connectivity index (χ0n) is 13.7. The number of hydrogen-bond acceptors (Lipinski definition) is 4. The Bertz CT molecular complexity index is 179. The summed E-state index contributed by atoms with van der Waals surface area (Å²) in [5.41, 5.74) is 0. The van der Waals surface area contributed by atoms with Crippen LogP contribution < -0.4 is 0 Å². The molecule has 0 fully saturated rings. The fourth-order valence-corrected chi connectivity index (χ4v) is 2.49. The third-order valence-corrected chi connectivity index (χ3v) is 3.86. The van der Waals surface area contributed by atoms with E-state index in [1.165, 1.54) is 32.2 Å². The topological polar surface area (TPSA) is 46.9 Å². The molecule has 4 heteroatoms. The van der Waals surface area contributed by atoms with Gasteiger partial charge >= 0.3 is 0 Å². The van der Waals surface area contributed by atoms with Gasteiger partial charge in [-0.2, -0.15) is 0 Å². The van der Waals surface area contributed by atoms with Crippen LogP contribution in [-0.4, -0.2) is 72.5 Å². The average molecular weight is 288 g/mol. The minimum Gasteiger partial charge on any atom is -0.396 e. The highest BCUT2D eigenvalue weighted by Gasteiger charge is 2.04. The van der Waals surface area contributed by atoms with Crippen molar-refractivity contribution >= 4 is 0 Å². The molecule has 0 aliphatic carbocycles. The Labute approximate surface area is 125 Å². The van der Waals surface area contributed by atoms with Crippen molar-refractivity contribution in [2.75, 3.05) is 52.5 Å². The van der Waals surface area contributed by atoms with Crippen LogP contribution >= 0.6 is 0 Å². The Morgan fingerprint density at radius 3 is 1.35 bits per heavy atom. The number of nitrogens with zero attached hydrogens (tertiary/aromatic N) is 2. The number of aliphatic hydroxyl groups is 2. The lowest BCUT2D eigenvalue weighted by Crippen LogP contribution is -2.28. The monoisotopic (exact) mass is 288 g/mol. The highest BCUT2D eigenvalue weighted by Crippen LogP contribution is 2.04. The van der Waals surface area contributed by atoms with Crippen LogP contribution in [0.15, 0.2) is 0 Å². The minimum atomic E-state index is 0.263. The Morgan fingerprint density at radius 1 is 0.550 bits per heavy atom. The molecule has 0 amide bonds. The predicted molar refractivity (Wildman–Crippen MR) is 86.1 cm³/mol. The van der Waals surface area contributed by atoms with Crippen LogP contribution in [0, 0.1) is 0 Å². The molecule has 0 aliphatic rings. The van der Waals surface area contributed by atoms with Crippen LogP contribution in [0.2, 0.25) is 0 Å². The van der Waals surface area contributed by atoms with E-state index in [9.17, 15) is 0 Å². The van der Waals surface area contributed by atoms with Crippen molar-refractivity contribution < 1.29 is 10.2 Å². The summed E-state index contributed by atoms with van der Waals surface area (Å²) in [5.74, 6) is 0. The van der Waals surface area contributed by atoms with Crippen molar-refractivity contribution in [3.63, 3.8) is 0 Å². The molecule has 0 aromatic rings. The van der Waals surface area contributed by atoms with Crippen LogP contribution in [0.25, 0.3) is 0 Å². The summed E-state index contributed by atoms with van der Waals surface area (Å²) in [7, 11) is 0. The molecule has 0 spiro atoms. The van der Waals surface area contributed by atoms with Gasteiger partial charge in [-0.1, -0.05) is 26.7 Å². The van der Waals surface area contributed by atoms with Gasteiger partial charge in [-0.05, 0) is 51.9 Å². The Hall–Kier alpha value is -0.160. The van der Waals surface area contributed by atoms with Gasteiger partial charge in [0.25, 0.3) is 0 Å². The van der Waals surface area contributed by atoms with E-state index in [0.717, 1.165) is 45.6 Å². The van der Waals surface area contributed by atoms with Gasteiger partial charge < -0.3 is 20.0 Å². The number of unbranched alkanes of at least 4 members (excludes halogenated alkanes) is 3. The van der Waals surface area contributed by atoms with Crippen LogP contribution in [-0.2, 0) is 0 Å². The second-order valence-electron chi connectivity index (χ2n) is 5.44. The first-order valence-electron chi connectivity index (χ1n) is 8.44. The van der Waals surface area contributed by atoms with Gasteiger partial charge in [-0.3, -0.25) is 0 Å². The molecule has 2 N–H and O–H groups in total. The van der Waals surface area contributed by atoms with Crippen molar-refractivity contribution in [2.45, 2.75) is 52.4 Å². The van der Waals surface area contributed by atoms with E-state index in [2.05, 4.69) is 23.6 Å². The molecule has 0 saturated carbocycles. The first-order chi connectivity index (χ1) is 9.78. The van der Waals surface area contributed by atoms with E-state index in [1.54, 1.807) is 0 Å². The third-order valence-electron chi connectivity index (χ3n) is 3.86. The van der Waals surface area contributed by atoms with E-state index < -0.39 is 0 Å². The smallest absolute Gasteiger partial charge is 0.0443 e. The van der Waals surface area contributed by atoms with Crippen molar-refractivity contribution in [1.29, 1.82) is 0 Å². The van der Waals surface area contributed by atoms with E-state index in [1.807, 2.05) is 0 Å². The van der Waals surface area contributed by atoms with Crippen molar-refractivity contribution in [3.8, 4) is 0 Å². The Kier molecular flexibility index (Phi) is 15.1. The zero-order valence-corrected chi connectivity index (χ0v) is 13.7. The van der Waals surface area contributed by atoms with E-state index in [-0.39, 0.29) is 13.2 Å². The summed E-state index contributed by atoms with van der Waals surface area (Å²) < 4.78 is 0. The number of aliphatic hydroxyl groups excluding tert-OH is 2. The Balaban J connectivity index is 3.56. The maximum absolute atomic E-state index is 8.90. The van der Waals surface area contributed by atoms with Gasteiger partial charge in [0.05, 0.1) is 0 Å². The molecule has 0 atom stereocenters. The summed E-state index contributed by atoms with van der Waals surface area (Å²) in [4.78, 5) is 4.85. The van der Waals surface area contributed by atoms with Gasteiger partial charge in [-0.15, -0.1) is 0 Å². The minimum absolute atomic E-state index is 0.263. The first kappa shape index (κ1) is 19.8. The van der Waals surface area contributed by atoms with Crippen molar-refractivity contribution in [1.82, 2.24) is 9.80 Å². The second kappa shape index (κ2) is 15.2. The summed E-state index contributed by atoms with van der Waals surface area (Å²) in [5, 5.41) is 17.8. The van der Waals surface area contributed by atoms with E-state index in [0.29, 0.717) is 0 Å². The second-order valence-corrected chi connectivity index (χ2v) is 5.44. The van der Waals surface area contributed by atoms with Gasteiger partial charge in [0, 0.05) is 26.3 Å². The molecule has 122 valence electrons. The highest BCUT2D eigenvalue weighted by atomic mass is 16.3. The van der Waals surface area contributed by atoms with Gasteiger partial charge in [0.15, 0.2) is 0 Å². The molecule has 0 aromatic carbocycles. The standard InChI is InChI=1S/C16H36N2O2/c1-3-17(4-2)11-7-5-6-8-12-18(13-9-15-19)14-10-16-20/h19-20H,3-16H2,1-2H3. The highest BCUT2D eigenvalue weighted by molar-refractivity contribution is 4.59. The maximum atomic E-state index is 8.90. The van der Waals surface area contributed by atoms with Crippen LogP contribution in [0.4, 0.5) is 0 Å². The normalized spacial score (nSPS) is 11.7. The van der Waals surface area contributed by atoms with Crippen LogP contribution in [0.1, 0.15) is 52.4 Å². The quantitative estimate of drug-likeness (QED) is 0.452. The van der Waals surface area contributed by atoms with Crippen LogP contribution in [0.5, 0.6) is 0 Å².